The van der Waals surface area contributed by atoms with Gasteiger partial charge in [-0.05, 0) is 19.1 Å². The van der Waals surface area contributed by atoms with Gasteiger partial charge >= 0.3 is 11.7 Å². The average molecular weight is 317 g/mol. The number of benzene rings is 1. The first kappa shape index (κ1) is 14.9. The molecule has 0 fully saturated rings. The number of nitrogens with zero attached hydrogens (tertiary/aromatic N) is 1. The van der Waals surface area contributed by atoms with E-state index in [1.807, 2.05) is 4.98 Å². The number of H-pyrrole nitrogens is 1. The summed E-state index contributed by atoms with van der Waals surface area (Å²) in [7, 11) is 0. The van der Waals surface area contributed by atoms with Crippen molar-refractivity contribution in [3.63, 3.8) is 0 Å². The second-order valence-corrected chi connectivity index (χ2v) is 4.51. The highest BCUT2D eigenvalue weighted by atomic mass is 35.5. The average Bonchev–Trinajstić information content (AvgIpc) is 2.38. The molecule has 0 bridgehead atoms. The number of aromatic carboxylic acids is 1. The van der Waals surface area contributed by atoms with Gasteiger partial charge in [0.25, 0.3) is 5.56 Å². The van der Waals surface area contributed by atoms with Gasteiger partial charge in [-0.25, -0.2) is 18.5 Å². The fourth-order valence-electron chi connectivity index (χ4n) is 1.71. The quantitative estimate of drug-likeness (QED) is 0.877. The van der Waals surface area contributed by atoms with Crippen molar-refractivity contribution in [2.24, 2.45) is 0 Å². The molecule has 0 amide bonds. The summed E-state index contributed by atoms with van der Waals surface area (Å²) >= 11 is 5.55. The van der Waals surface area contributed by atoms with Gasteiger partial charge in [-0.3, -0.25) is 4.79 Å². The predicted molar refractivity (Wildman–Crippen MR) is 69.3 cm³/mol. The van der Waals surface area contributed by atoms with Crippen molar-refractivity contribution in [1.29, 1.82) is 0 Å². The number of aryl methyl sites for hydroxylation is 1. The number of aromatic nitrogens is 2. The smallest absolute Gasteiger partial charge is 0.337 e. The molecule has 0 spiro atoms. The third-order valence-electron chi connectivity index (χ3n) is 2.73. The van der Waals surface area contributed by atoms with E-state index in [0.717, 1.165) is 6.92 Å². The maximum absolute atomic E-state index is 13.9. The molecule has 0 aliphatic rings. The van der Waals surface area contributed by atoms with Crippen LogP contribution in [0.4, 0.5) is 8.78 Å². The fraction of sp³-hybridized carbons (Fsp3) is 0.0833. The van der Waals surface area contributed by atoms with Gasteiger partial charge in [0, 0.05) is 0 Å². The second-order valence-electron chi connectivity index (χ2n) is 4.10. The number of aromatic amines is 1. The Labute approximate surface area is 120 Å². The normalized spacial score (nSPS) is 10.7. The van der Waals surface area contributed by atoms with Crippen LogP contribution in [0.2, 0.25) is 5.02 Å². The van der Waals surface area contributed by atoms with Gasteiger partial charge in [0.2, 0.25) is 5.82 Å². The van der Waals surface area contributed by atoms with Crippen molar-refractivity contribution in [1.82, 2.24) is 9.55 Å². The first-order valence-corrected chi connectivity index (χ1v) is 5.86. The Balaban J connectivity index is 2.89. The predicted octanol–water partition coefficient (Wildman–Crippen LogP) is 1.46. The van der Waals surface area contributed by atoms with E-state index in [-0.39, 0.29) is 10.3 Å². The molecule has 9 heteroatoms. The Kier molecular flexibility index (Phi) is 3.65. The molecule has 1 aromatic heterocycles. The van der Waals surface area contributed by atoms with Crippen LogP contribution in [0.25, 0.3) is 5.69 Å². The highest BCUT2D eigenvalue weighted by Gasteiger charge is 2.19. The summed E-state index contributed by atoms with van der Waals surface area (Å²) in [6, 6.07) is 1.31. The monoisotopic (exact) mass is 316 g/mol. The van der Waals surface area contributed by atoms with Crippen LogP contribution >= 0.6 is 11.6 Å². The van der Waals surface area contributed by atoms with E-state index in [0.29, 0.717) is 12.1 Å². The molecule has 1 heterocycles. The maximum Gasteiger partial charge on any atom is 0.337 e. The molecule has 0 atom stereocenters. The van der Waals surface area contributed by atoms with Crippen LogP contribution in [0.3, 0.4) is 0 Å². The second kappa shape index (κ2) is 5.13. The van der Waals surface area contributed by atoms with Crippen LogP contribution in [0, 0.1) is 18.6 Å². The van der Waals surface area contributed by atoms with Crippen molar-refractivity contribution < 1.29 is 18.7 Å². The molecule has 0 aliphatic carbocycles. The Hall–Kier alpha value is -2.48. The lowest BCUT2D eigenvalue weighted by Gasteiger charge is -2.09. The number of carbonyl (C=O) groups is 1. The largest absolute Gasteiger partial charge is 0.478 e. The summed E-state index contributed by atoms with van der Waals surface area (Å²) in [5.74, 6) is -3.90. The summed E-state index contributed by atoms with van der Waals surface area (Å²) in [6.07, 6.45) is 0. The van der Waals surface area contributed by atoms with Crippen molar-refractivity contribution in [3.05, 3.63) is 60.9 Å². The third kappa shape index (κ3) is 2.45. The number of carboxylic acid groups (broad SMARTS) is 1. The van der Waals surface area contributed by atoms with Crippen molar-refractivity contribution in [2.75, 3.05) is 0 Å². The highest BCUT2D eigenvalue weighted by molar-refractivity contribution is 6.33. The molecule has 1 aromatic carbocycles. The molecule has 2 aromatic rings. The molecule has 0 aliphatic heterocycles. The molecule has 110 valence electrons. The van der Waals surface area contributed by atoms with Gasteiger partial charge in [-0.2, -0.15) is 4.39 Å². The summed E-state index contributed by atoms with van der Waals surface area (Å²) in [5.41, 5.74) is -4.04. The molecule has 2 N–H and O–H groups in total. The lowest BCUT2D eigenvalue weighted by Crippen LogP contribution is -2.37. The van der Waals surface area contributed by atoms with E-state index in [1.165, 1.54) is 0 Å². The van der Waals surface area contributed by atoms with Crippen LogP contribution in [0.5, 0.6) is 0 Å². The van der Waals surface area contributed by atoms with Gasteiger partial charge in [0.15, 0.2) is 0 Å². The van der Waals surface area contributed by atoms with Crippen LogP contribution in [-0.4, -0.2) is 20.6 Å². The molecule has 6 nitrogen and oxygen atoms in total. The van der Waals surface area contributed by atoms with E-state index in [4.69, 9.17) is 16.7 Å². The zero-order chi connectivity index (χ0) is 15.9. The maximum atomic E-state index is 13.9. The van der Waals surface area contributed by atoms with Gasteiger partial charge in [-0.15, -0.1) is 0 Å². The molecule has 2 rings (SSSR count). The molecular formula is C12H7ClF2N2O4. The Bertz CT molecular complexity index is 873. The van der Waals surface area contributed by atoms with E-state index >= 15 is 0 Å². The minimum atomic E-state index is -1.49. The van der Waals surface area contributed by atoms with E-state index in [1.54, 1.807) is 0 Å². The SMILES string of the molecule is Cc1[nH]c(=O)n(-c2cc(C(=O)O)c(Cl)cc2F)c(=O)c1F. The van der Waals surface area contributed by atoms with Gasteiger partial charge < -0.3 is 10.1 Å². The lowest BCUT2D eigenvalue weighted by atomic mass is 10.2. The van der Waals surface area contributed by atoms with Crippen molar-refractivity contribution in [2.45, 2.75) is 6.92 Å². The number of hydrogen-bond acceptors (Lipinski definition) is 3. The molecule has 0 radical (unpaired) electrons. The van der Waals surface area contributed by atoms with Crippen molar-refractivity contribution in [3.8, 4) is 5.69 Å². The summed E-state index contributed by atoms with van der Waals surface area (Å²) in [5, 5.41) is 8.49. The van der Waals surface area contributed by atoms with E-state index in [9.17, 15) is 23.2 Å². The van der Waals surface area contributed by atoms with Crippen LogP contribution in [0.1, 0.15) is 16.1 Å². The van der Waals surface area contributed by atoms with Gasteiger partial charge in [0.1, 0.15) is 5.82 Å². The Morgan fingerprint density at radius 3 is 2.52 bits per heavy atom. The fourth-order valence-corrected chi connectivity index (χ4v) is 1.94. The number of rotatable bonds is 2. The topological polar surface area (TPSA) is 92.2 Å². The minimum absolute atomic E-state index is 0.167. The van der Waals surface area contributed by atoms with Gasteiger partial charge in [-0.1, -0.05) is 11.6 Å². The summed E-state index contributed by atoms with van der Waals surface area (Å²) in [6.45, 7) is 1.16. The zero-order valence-corrected chi connectivity index (χ0v) is 11.2. The van der Waals surface area contributed by atoms with Crippen LogP contribution < -0.4 is 11.2 Å². The zero-order valence-electron chi connectivity index (χ0n) is 10.4. The van der Waals surface area contributed by atoms with Crippen LogP contribution in [-0.2, 0) is 0 Å². The van der Waals surface area contributed by atoms with Crippen molar-refractivity contribution >= 4 is 17.6 Å². The molecule has 0 saturated heterocycles. The van der Waals surface area contributed by atoms with E-state index in [2.05, 4.69) is 0 Å². The number of halogens is 3. The molecule has 21 heavy (non-hydrogen) atoms. The Morgan fingerprint density at radius 1 is 1.33 bits per heavy atom. The summed E-state index contributed by atoms with van der Waals surface area (Å²) in [4.78, 5) is 36.5. The first-order chi connectivity index (χ1) is 9.73. The standard InChI is InChI=1S/C12H7ClF2N2O4/c1-4-9(15)10(18)17(12(21)16-4)8-2-5(11(19)20)6(13)3-7(8)14/h2-3H,1H3,(H,16,21)(H,19,20). The number of nitrogens with one attached hydrogen (secondary N) is 1. The molecular weight excluding hydrogens is 310 g/mol. The number of carboxylic acids is 1. The van der Waals surface area contributed by atoms with E-state index < -0.39 is 45.1 Å². The highest BCUT2D eigenvalue weighted by Crippen LogP contribution is 2.22. The Morgan fingerprint density at radius 2 is 1.95 bits per heavy atom. The van der Waals surface area contributed by atoms with Gasteiger partial charge in [0.05, 0.1) is 22.0 Å². The number of hydrogen-bond donors (Lipinski definition) is 2. The van der Waals surface area contributed by atoms with Crippen LogP contribution in [0.15, 0.2) is 21.7 Å². The first-order valence-electron chi connectivity index (χ1n) is 5.48. The summed E-state index contributed by atoms with van der Waals surface area (Å²) < 4.78 is 27.6. The third-order valence-corrected chi connectivity index (χ3v) is 3.04. The molecule has 0 unspecified atom stereocenters. The lowest BCUT2D eigenvalue weighted by molar-refractivity contribution is 0.0697. The molecule has 0 saturated carbocycles. The minimum Gasteiger partial charge on any atom is -0.478 e.